The lowest BCUT2D eigenvalue weighted by atomic mass is 9.56. The van der Waals surface area contributed by atoms with Gasteiger partial charge >= 0.3 is 0 Å². The fourth-order valence-corrected chi connectivity index (χ4v) is 7.08. The lowest BCUT2D eigenvalue weighted by Crippen LogP contribution is -2.58. The number of hydrogen-bond donors (Lipinski definition) is 8. The molecule has 1 saturated heterocycles. The number of aliphatic hydroxyl groups excluding tert-OH is 2. The van der Waals surface area contributed by atoms with Crippen molar-refractivity contribution in [2.75, 3.05) is 46.9 Å². The minimum atomic E-state index is -1.68. The predicted octanol–water partition coefficient (Wildman–Crippen LogP) is -1.07. The monoisotopic (exact) mass is 610 g/mol. The lowest BCUT2D eigenvalue weighted by molar-refractivity contribution is -0.140. The van der Waals surface area contributed by atoms with Crippen LogP contribution in [0.2, 0.25) is 0 Å². The molecule has 5 atom stereocenters. The topological polar surface area (TPSA) is 242 Å². The number of aromatic hydroxyl groups is 1. The van der Waals surface area contributed by atoms with E-state index >= 15 is 0 Å². The van der Waals surface area contributed by atoms with Crippen molar-refractivity contribution in [1.29, 1.82) is 5.41 Å². The van der Waals surface area contributed by atoms with Crippen LogP contribution in [0.25, 0.3) is 5.76 Å². The third-order valence-electron chi connectivity index (χ3n) is 9.21. The number of likely N-dealkylation sites (N-methyl/N-ethyl adjacent to an activating group) is 1. The summed E-state index contributed by atoms with van der Waals surface area (Å²) in [5.41, 5.74) is 8.47. The first-order valence-corrected chi connectivity index (χ1v) is 14.3. The summed E-state index contributed by atoms with van der Waals surface area (Å²) in [6, 6.07) is 3.50. The van der Waals surface area contributed by atoms with Crippen LogP contribution in [0.3, 0.4) is 0 Å². The summed E-state index contributed by atoms with van der Waals surface area (Å²) in [5.74, 6) is -7.20. The molecule has 0 aromatic heterocycles. The van der Waals surface area contributed by atoms with E-state index in [0.29, 0.717) is 26.2 Å². The van der Waals surface area contributed by atoms with Gasteiger partial charge in [-0.2, -0.15) is 4.99 Å². The second-order valence-electron chi connectivity index (χ2n) is 12.1. The minimum absolute atomic E-state index is 0.0357. The van der Waals surface area contributed by atoms with Crippen LogP contribution >= 0.6 is 0 Å². The summed E-state index contributed by atoms with van der Waals surface area (Å²) < 4.78 is 0. The van der Waals surface area contributed by atoms with Gasteiger partial charge in [-0.25, -0.2) is 0 Å². The average molecular weight is 611 g/mol. The molecule has 1 aromatic carbocycles. The molecule has 1 aliphatic heterocycles. The number of Topliss-reactive ketones (excluding diaryl/α,β-unsaturated/α-hetero) is 2. The number of phenolic OH excluding ortho intramolecular Hbond substituents is 1. The van der Waals surface area contributed by atoms with Gasteiger partial charge in [0.05, 0.1) is 29.8 Å². The number of nitrogens with two attached hydrogens (primary N) is 2. The number of piperazine rings is 1. The van der Waals surface area contributed by atoms with E-state index in [4.69, 9.17) is 16.9 Å². The molecule has 44 heavy (non-hydrogen) atoms. The summed E-state index contributed by atoms with van der Waals surface area (Å²) in [7, 11) is 3.31. The van der Waals surface area contributed by atoms with E-state index in [1.807, 2.05) is 4.90 Å². The quantitative estimate of drug-likeness (QED) is 0.0879. The Labute approximate surface area is 253 Å². The van der Waals surface area contributed by atoms with Gasteiger partial charge in [-0.1, -0.05) is 12.1 Å². The molecule has 1 aromatic rings. The summed E-state index contributed by atoms with van der Waals surface area (Å²) in [5, 5.41) is 55.4. The summed E-state index contributed by atoms with van der Waals surface area (Å²) in [4.78, 5) is 50.3. The summed E-state index contributed by atoms with van der Waals surface area (Å²) >= 11 is 0. The van der Waals surface area contributed by atoms with Crippen molar-refractivity contribution in [3.63, 3.8) is 0 Å². The Bertz CT molecular complexity index is 1520. The molecule has 1 saturated carbocycles. The number of benzene rings is 1. The van der Waals surface area contributed by atoms with Crippen LogP contribution in [0.4, 0.5) is 0 Å². The van der Waals surface area contributed by atoms with Crippen molar-refractivity contribution < 1.29 is 34.8 Å². The van der Waals surface area contributed by atoms with Crippen molar-refractivity contribution in [2.45, 2.75) is 25.0 Å². The van der Waals surface area contributed by atoms with Gasteiger partial charge in [-0.05, 0) is 45.0 Å². The minimum Gasteiger partial charge on any atom is -0.510 e. The summed E-state index contributed by atoms with van der Waals surface area (Å²) in [6.45, 7) is 3.27. The van der Waals surface area contributed by atoms with Crippen LogP contribution in [0, 0.1) is 23.2 Å². The Kier molecular flexibility index (Phi) is 7.90. The molecule has 0 spiro atoms. The van der Waals surface area contributed by atoms with Crippen LogP contribution in [0.1, 0.15) is 24.5 Å². The van der Waals surface area contributed by atoms with Crippen molar-refractivity contribution in [3.8, 4) is 5.75 Å². The molecule has 4 unspecified atom stereocenters. The normalized spacial score (nSPS) is 28.8. The second-order valence-corrected chi connectivity index (χ2v) is 12.1. The van der Waals surface area contributed by atoms with Gasteiger partial charge in [0.1, 0.15) is 22.8 Å². The highest BCUT2D eigenvalue weighted by Crippen LogP contribution is 2.55. The Morgan fingerprint density at radius 2 is 1.80 bits per heavy atom. The summed E-state index contributed by atoms with van der Waals surface area (Å²) in [6.07, 6.45) is 0.0462. The van der Waals surface area contributed by atoms with E-state index in [1.54, 1.807) is 30.0 Å². The van der Waals surface area contributed by atoms with E-state index in [9.17, 15) is 34.8 Å². The van der Waals surface area contributed by atoms with E-state index in [0.717, 1.165) is 0 Å². The molecule has 1 amide bonds. The molecule has 10 N–H and O–H groups in total. The predicted molar refractivity (Wildman–Crippen MR) is 159 cm³/mol. The zero-order valence-corrected chi connectivity index (χ0v) is 24.7. The van der Waals surface area contributed by atoms with Crippen molar-refractivity contribution >= 4 is 35.2 Å². The molecule has 236 valence electrons. The molecular weight excluding hydrogens is 572 g/mol. The molecule has 4 aliphatic rings. The SMILES string of the molecule is CN(C)C1C(O)=C(C(=O)NCN2CCN(C(=N)N=C(N)N)CC2)C(=O)[C@H]2C(=O)C3=C(O)c4c(O)cccc4C(C)(O)C3CC12. The Balaban J connectivity index is 1.41. The second kappa shape index (κ2) is 11.2. The largest absolute Gasteiger partial charge is 0.510 e. The fraction of sp³-hybridized carbons (Fsp3) is 0.483. The van der Waals surface area contributed by atoms with Crippen molar-refractivity contribution in [1.82, 2.24) is 20.0 Å². The smallest absolute Gasteiger partial charge is 0.259 e. The first-order chi connectivity index (χ1) is 20.7. The van der Waals surface area contributed by atoms with Crippen LogP contribution in [0.15, 0.2) is 40.1 Å². The molecule has 0 radical (unpaired) electrons. The molecule has 3 aliphatic carbocycles. The van der Waals surface area contributed by atoms with Gasteiger partial charge in [-0.3, -0.25) is 29.6 Å². The van der Waals surface area contributed by atoms with Crippen LogP contribution in [0.5, 0.6) is 5.75 Å². The average Bonchev–Trinajstić information content (AvgIpc) is 2.94. The number of fused-ring (bicyclic) bond motifs is 3. The first-order valence-electron chi connectivity index (χ1n) is 14.3. The van der Waals surface area contributed by atoms with Gasteiger partial charge in [0.2, 0.25) is 5.96 Å². The molecule has 15 heteroatoms. The molecule has 2 fully saturated rings. The first kappa shape index (κ1) is 31.0. The number of amides is 1. The molecule has 15 nitrogen and oxygen atoms in total. The number of nitrogens with zero attached hydrogens (tertiary/aromatic N) is 4. The number of carbonyl (C=O) groups excluding carboxylic acids is 3. The number of guanidine groups is 2. The highest BCUT2D eigenvalue weighted by molar-refractivity contribution is 6.28. The molecular formula is C29H38N8O7. The maximum Gasteiger partial charge on any atom is 0.259 e. The zero-order valence-electron chi connectivity index (χ0n) is 24.7. The van der Waals surface area contributed by atoms with Gasteiger partial charge in [-0.15, -0.1) is 0 Å². The van der Waals surface area contributed by atoms with Gasteiger partial charge < -0.3 is 42.1 Å². The number of ketones is 2. The molecule has 5 rings (SSSR count). The number of hydrogen-bond acceptors (Lipinski definition) is 10. The third kappa shape index (κ3) is 4.96. The number of aliphatic hydroxyl groups is 3. The van der Waals surface area contributed by atoms with E-state index in [-0.39, 0.29) is 47.5 Å². The molecule has 1 heterocycles. The van der Waals surface area contributed by atoms with E-state index < -0.39 is 64.0 Å². The maximum absolute atomic E-state index is 14.1. The number of carbonyl (C=O) groups is 3. The highest BCUT2D eigenvalue weighted by atomic mass is 16.3. The number of rotatable bonds is 4. The number of phenols is 1. The van der Waals surface area contributed by atoms with Crippen LogP contribution in [-0.2, 0) is 20.0 Å². The maximum atomic E-state index is 14.1. The van der Waals surface area contributed by atoms with Crippen LogP contribution < -0.4 is 16.8 Å². The van der Waals surface area contributed by atoms with E-state index in [2.05, 4.69) is 10.3 Å². The number of aliphatic imine (C=N–C) groups is 1. The highest BCUT2D eigenvalue weighted by Gasteiger charge is 2.59. The van der Waals surface area contributed by atoms with Gasteiger partial charge in [0.15, 0.2) is 17.5 Å². The Hall–Kier alpha value is -4.47. The Morgan fingerprint density at radius 1 is 1.14 bits per heavy atom. The van der Waals surface area contributed by atoms with E-state index in [1.165, 1.54) is 19.1 Å². The standard InChI is InChI=1S/C29H38N8O7/c1-29(44)14-5-4-6-16(38)18(14)24(41)19-15(29)11-13-17(22(19)39)23(40)20(25(42)21(13)35(2)3)26(43)33-12-36-7-9-37(10-8-36)28(32)34-27(30)31/h4-6,13,15,17,21,38,41-42,44H,7-12H2,1-3H3,(H,33,43)(H5,30,31,32,34)/t13?,15?,17-,21?,29?/m1/s1. The molecule has 0 bridgehead atoms. The lowest BCUT2D eigenvalue weighted by Gasteiger charge is -2.50. The van der Waals surface area contributed by atoms with Crippen molar-refractivity contribution in [2.24, 2.45) is 34.2 Å². The van der Waals surface area contributed by atoms with Crippen molar-refractivity contribution in [3.05, 3.63) is 46.2 Å². The van der Waals surface area contributed by atoms with Gasteiger partial charge in [0, 0.05) is 37.7 Å². The third-order valence-corrected chi connectivity index (χ3v) is 9.21. The Morgan fingerprint density at radius 3 is 2.41 bits per heavy atom. The van der Waals surface area contributed by atoms with Gasteiger partial charge in [0.25, 0.3) is 5.91 Å². The van der Waals surface area contributed by atoms with Crippen LogP contribution in [-0.4, -0.2) is 118 Å². The fourth-order valence-electron chi connectivity index (χ4n) is 7.08. The number of nitrogens with one attached hydrogen (secondary N) is 2. The zero-order chi connectivity index (χ0) is 32.2.